The number of carbonyl (C=O) groups is 2. The van der Waals surface area contributed by atoms with E-state index in [1.165, 1.54) is 6.07 Å². The first-order valence-electron chi connectivity index (χ1n) is 13.3. The third-order valence-corrected chi connectivity index (χ3v) is 9.69. The first kappa shape index (κ1) is 30.4. The van der Waals surface area contributed by atoms with E-state index >= 15 is 0 Å². The van der Waals surface area contributed by atoms with Crippen LogP contribution in [0.25, 0.3) is 0 Å². The molecule has 0 spiro atoms. The van der Waals surface area contributed by atoms with Crippen molar-refractivity contribution >= 4 is 43.6 Å². The van der Waals surface area contributed by atoms with Crippen molar-refractivity contribution in [2.45, 2.75) is 49.0 Å². The lowest BCUT2D eigenvalue weighted by Crippen LogP contribution is -2.34. The molecule has 0 saturated heterocycles. The number of halogens is 1. The zero-order valence-electron chi connectivity index (χ0n) is 23.2. The van der Waals surface area contributed by atoms with E-state index in [1.807, 2.05) is 55.5 Å². The van der Waals surface area contributed by atoms with Crippen molar-refractivity contribution in [1.29, 1.82) is 0 Å². The van der Waals surface area contributed by atoms with Crippen molar-refractivity contribution in [1.82, 2.24) is 10.2 Å². The molecule has 11 heteroatoms. The van der Waals surface area contributed by atoms with Crippen molar-refractivity contribution in [3.63, 3.8) is 0 Å². The van der Waals surface area contributed by atoms with Gasteiger partial charge in [0.25, 0.3) is 0 Å². The lowest BCUT2D eigenvalue weighted by Gasteiger charge is -2.24. The Kier molecular flexibility index (Phi) is 9.93. The number of hydrogen-bond acceptors (Lipinski definition) is 6. The van der Waals surface area contributed by atoms with Crippen LogP contribution < -0.4 is 15.4 Å². The Morgan fingerprint density at radius 3 is 2.49 bits per heavy atom. The van der Waals surface area contributed by atoms with Crippen LogP contribution in [0.5, 0.6) is 5.75 Å². The highest BCUT2D eigenvalue weighted by molar-refractivity contribution is 9.10. The number of nitrogens with one attached hydrogen (secondary N) is 2. The van der Waals surface area contributed by atoms with Gasteiger partial charge in [-0.1, -0.05) is 53.2 Å². The van der Waals surface area contributed by atoms with Gasteiger partial charge in [0.15, 0.2) is 9.84 Å². The molecule has 3 aromatic rings. The average molecular weight is 645 g/mol. The fourth-order valence-corrected chi connectivity index (χ4v) is 6.72. The second kappa shape index (κ2) is 13.4. The number of methoxy groups -OCH3 is 1. The molecule has 0 unspecified atom stereocenters. The topological polar surface area (TPSA) is 114 Å². The first-order valence-corrected chi connectivity index (χ1v) is 15.6. The van der Waals surface area contributed by atoms with Gasteiger partial charge in [0.2, 0.25) is 0 Å². The van der Waals surface area contributed by atoms with Gasteiger partial charge in [0.1, 0.15) is 12.4 Å². The zero-order valence-corrected chi connectivity index (χ0v) is 25.6. The maximum absolute atomic E-state index is 13.1. The number of amides is 3. The number of rotatable bonds is 11. The number of hydrogen-bond donors (Lipinski definition) is 2. The molecule has 0 bridgehead atoms. The summed E-state index contributed by atoms with van der Waals surface area (Å²) < 4.78 is 37.9. The smallest absolute Gasteiger partial charge is 0.407 e. The predicted octanol–water partition coefficient (Wildman–Crippen LogP) is 6.09. The van der Waals surface area contributed by atoms with Crippen molar-refractivity contribution < 1.29 is 27.5 Å². The van der Waals surface area contributed by atoms with Gasteiger partial charge in [-0.15, -0.1) is 0 Å². The first-order chi connectivity index (χ1) is 19.6. The number of urea groups is 1. The maximum atomic E-state index is 13.1. The minimum atomic E-state index is -3.55. The monoisotopic (exact) mass is 643 g/mol. The summed E-state index contributed by atoms with van der Waals surface area (Å²) in [6.45, 7) is 2.43. The molecule has 1 saturated carbocycles. The highest BCUT2D eigenvalue weighted by Gasteiger charge is 2.38. The van der Waals surface area contributed by atoms with E-state index in [4.69, 9.17) is 9.47 Å². The van der Waals surface area contributed by atoms with Crippen molar-refractivity contribution in [3.8, 4) is 5.75 Å². The molecule has 3 amide bonds. The molecule has 3 aromatic carbocycles. The summed E-state index contributed by atoms with van der Waals surface area (Å²) in [5.74, 6) is 0.715. The van der Waals surface area contributed by atoms with E-state index in [0.29, 0.717) is 30.6 Å². The number of ether oxygens (including phenoxy) is 2. The van der Waals surface area contributed by atoms with Gasteiger partial charge >= 0.3 is 12.1 Å². The normalized spacial score (nSPS) is 13.7. The van der Waals surface area contributed by atoms with Crippen LogP contribution in [0.2, 0.25) is 0 Å². The number of likely N-dealkylation sites (N-methyl/N-ethyl adjacent to an activating group) is 1. The molecule has 41 heavy (non-hydrogen) atoms. The van der Waals surface area contributed by atoms with Gasteiger partial charge in [-0.05, 0) is 65.9 Å². The summed E-state index contributed by atoms with van der Waals surface area (Å²) in [6, 6.07) is 19.3. The van der Waals surface area contributed by atoms with E-state index in [-0.39, 0.29) is 30.0 Å². The lowest BCUT2D eigenvalue weighted by molar-refractivity contribution is 0.139. The third kappa shape index (κ3) is 8.01. The van der Waals surface area contributed by atoms with E-state index in [1.54, 1.807) is 31.2 Å². The number of benzene rings is 3. The van der Waals surface area contributed by atoms with Crippen LogP contribution in [-0.2, 0) is 27.7 Å². The summed E-state index contributed by atoms with van der Waals surface area (Å²) >= 11 is 3.49. The van der Waals surface area contributed by atoms with Crippen LogP contribution in [0, 0.1) is 0 Å². The molecular formula is C30H34BrN3O6S. The molecule has 1 aliphatic carbocycles. The predicted molar refractivity (Wildman–Crippen MR) is 161 cm³/mol. The van der Waals surface area contributed by atoms with E-state index in [0.717, 1.165) is 21.3 Å². The van der Waals surface area contributed by atoms with Gasteiger partial charge in [-0.3, -0.25) is 0 Å². The Bertz CT molecular complexity index is 1500. The largest absolute Gasteiger partial charge is 0.496 e. The molecule has 0 heterocycles. The molecule has 0 aliphatic heterocycles. The molecule has 9 nitrogen and oxygen atoms in total. The van der Waals surface area contributed by atoms with Crippen LogP contribution in [-0.4, -0.2) is 51.4 Å². The van der Waals surface area contributed by atoms with Crippen LogP contribution in [0.1, 0.15) is 42.4 Å². The highest BCUT2D eigenvalue weighted by atomic mass is 79.9. The minimum absolute atomic E-state index is 0.0223. The molecular weight excluding hydrogens is 610 g/mol. The van der Waals surface area contributed by atoms with Gasteiger partial charge in [-0.2, -0.15) is 0 Å². The summed E-state index contributed by atoms with van der Waals surface area (Å²) in [4.78, 5) is 27.1. The van der Waals surface area contributed by atoms with Crippen LogP contribution in [0.3, 0.4) is 0 Å². The standard InChI is InChI=1S/C30H34BrN3O6S/c1-20(26-16-23(31)9-13-27(26)39-3)18-34(2)29(35)33-24-10-14-28(41(37,38)25-11-12-25)22(15-24)17-32-30(36)40-19-21-7-5-4-6-8-21/h4-10,13-16,20,25H,11-12,17-19H2,1-3H3,(H,32,36)(H,33,35)/t20-/m1/s1. The van der Waals surface area contributed by atoms with Crippen LogP contribution in [0.4, 0.5) is 15.3 Å². The van der Waals surface area contributed by atoms with Crippen molar-refractivity contribution in [3.05, 3.63) is 87.9 Å². The molecule has 218 valence electrons. The number of alkyl carbamates (subject to hydrolysis) is 1. The van der Waals surface area contributed by atoms with Gasteiger partial charge in [0, 0.05) is 36.2 Å². The third-order valence-electron chi connectivity index (χ3n) is 6.83. The highest BCUT2D eigenvalue weighted by Crippen LogP contribution is 2.36. The maximum Gasteiger partial charge on any atom is 0.407 e. The summed E-state index contributed by atoms with van der Waals surface area (Å²) in [7, 11) is -0.251. The molecule has 0 aromatic heterocycles. The fraction of sp³-hybridized carbons (Fsp3) is 0.333. The van der Waals surface area contributed by atoms with Gasteiger partial charge in [-0.25, -0.2) is 18.0 Å². The fourth-order valence-electron chi connectivity index (χ4n) is 4.47. The van der Waals surface area contributed by atoms with Crippen molar-refractivity contribution in [2.75, 3.05) is 26.0 Å². The van der Waals surface area contributed by atoms with Gasteiger partial charge < -0.3 is 25.0 Å². The van der Waals surface area contributed by atoms with E-state index in [9.17, 15) is 18.0 Å². The van der Waals surface area contributed by atoms with Crippen LogP contribution in [0.15, 0.2) is 76.1 Å². The SMILES string of the molecule is COc1ccc(Br)cc1[C@H](C)CN(C)C(=O)Nc1ccc(S(=O)(=O)C2CC2)c(CNC(=O)OCc2ccccc2)c1. The summed E-state index contributed by atoms with van der Waals surface area (Å²) in [5.41, 5.74) is 2.59. The second-order valence-electron chi connectivity index (χ2n) is 10.1. The van der Waals surface area contributed by atoms with Crippen LogP contribution >= 0.6 is 15.9 Å². The lowest BCUT2D eigenvalue weighted by atomic mass is 10.00. The molecule has 1 atom stereocenters. The number of sulfone groups is 1. The Morgan fingerprint density at radius 1 is 1.07 bits per heavy atom. The molecule has 4 rings (SSSR count). The van der Waals surface area contributed by atoms with Crippen molar-refractivity contribution in [2.24, 2.45) is 0 Å². The zero-order chi connectivity index (χ0) is 29.6. The van der Waals surface area contributed by atoms with E-state index in [2.05, 4.69) is 26.6 Å². The summed E-state index contributed by atoms with van der Waals surface area (Å²) in [5, 5.41) is 5.06. The Balaban J connectivity index is 1.44. The van der Waals surface area contributed by atoms with Gasteiger partial charge in [0.05, 0.1) is 17.3 Å². The van der Waals surface area contributed by atoms with E-state index < -0.39 is 21.2 Å². The molecule has 2 N–H and O–H groups in total. The number of carbonyl (C=O) groups excluding carboxylic acids is 2. The summed E-state index contributed by atoms with van der Waals surface area (Å²) in [6.07, 6.45) is 0.548. The number of anilines is 1. The molecule has 1 aliphatic rings. The quantitative estimate of drug-likeness (QED) is 0.261. The molecule has 0 radical (unpaired) electrons. The molecule has 1 fully saturated rings. The number of nitrogens with zero attached hydrogens (tertiary/aromatic N) is 1. The Hall–Kier alpha value is -3.57. The average Bonchev–Trinajstić information content (AvgIpc) is 3.82. The minimum Gasteiger partial charge on any atom is -0.496 e. The Labute approximate surface area is 249 Å². The second-order valence-corrected chi connectivity index (χ2v) is 13.2. The Morgan fingerprint density at radius 2 is 1.80 bits per heavy atom.